The lowest BCUT2D eigenvalue weighted by Crippen LogP contribution is -2.43. The zero-order valence-corrected chi connectivity index (χ0v) is 40.4. The molecule has 17 nitrogen and oxygen atoms in total. The van der Waals surface area contributed by atoms with Crippen molar-refractivity contribution in [2.75, 3.05) is 36.2 Å². The van der Waals surface area contributed by atoms with Crippen LogP contribution in [0.4, 0.5) is 15.9 Å². The molecule has 7 aromatic rings. The van der Waals surface area contributed by atoms with E-state index in [4.69, 9.17) is 14.4 Å². The topological polar surface area (TPSA) is 193 Å². The number of nitrogens with zero attached hydrogens (tertiary/aromatic N) is 9. The third-order valence-corrected chi connectivity index (χ3v) is 16.3. The zero-order chi connectivity index (χ0) is 49.5. The number of amides is 1. The minimum absolute atomic E-state index is 0.0671. The van der Waals surface area contributed by atoms with E-state index in [-0.39, 0.29) is 61.2 Å². The molecule has 1 spiro atoms. The van der Waals surface area contributed by atoms with Gasteiger partial charge < -0.3 is 24.4 Å². The minimum Gasteiger partial charge on any atom is -0.396 e. The molecule has 1 amide bonds. The number of aliphatic hydroxyl groups is 2. The van der Waals surface area contributed by atoms with E-state index in [2.05, 4.69) is 53.2 Å². The molecule has 5 aliphatic rings. The Hall–Kier alpha value is -7.11. The number of rotatable bonds is 10. The number of aryl methyl sites for hydroxylation is 3. The number of ether oxygens (including phenoxy) is 1. The van der Waals surface area contributed by atoms with Crippen LogP contribution >= 0.6 is 0 Å². The number of hydrogen-bond acceptors (Lipinski definition) is 12. The van der Waals surface area contributed by atoms with Gasteiger partial charge in [-0.3, -0.25) is 28.8 Å². The number of carbonyl (C=O) groups is 1. The highest BCUT2D eigenvalue weighted by Crippen LogP contribution is 2.82. The third kappa shape index (κ3) is 6.68. The number of benzene rings is 3. The van der Waals surface area contributed by atoms with Crippen molar-refractivity contribution in [3.63, 3.8) is 0 Å². The van der Waals surface area contributed by atoms with Crippen LogP contribution in [0.15, 0.2) is 88.3 Å². The lowest BCUT2D eigenvalue weighted by Gasteiger charge is -2.38. The Balaban J connectivity index is 1.03. The summed E-state index contributed by atoms with van der Waals surface area (Å²) in [5.74, 6) is 1.35. The van der Waals surface area contributed by atoms with Gasteiger partial charge in [-0.05, 0) is 144 Å². The van der Waals surface area contributed by atoms with Crippen molar-refractivity contribution >= 4 is 45.2 Å². The standard InChI is InChI=1S/C53H55FN10O7/c1-29-17-39(18-30(2)45(29)54)64-47(61-14-13-60(43(61)27-67)38-8-10-40-36(20-38)24-55-59(40)6)44-31(3)62(25-34(11-15-65)46(44)57-64)48(68)42-21-35-19-32(33-12-16-70-51(4,5)22-33)7-9-41(35)63(42)53(49-56-50(69)71-58-49)28-52(53)23-37(52)26-66/h7-10,13-14,17-21,24,31,33-34,37,65-66H,11-12,15-16,22-23,25-26,28H2,1-6H3,(H,56,58,69)/t31-,33-,34?,37?,52?,53-/m0/s1. The van der Waals surface area contributed by atoms with E-state index >= 15 is 9.18 Å². The summed E-state index contributed by atoms with van der Waals surface area (Å²) in [7, 11) is 1.86. The van der Waals surface area contributed by atoms with Crippen LogP contribution in [-0.2, 0) is 22.1 Å². The lowest BCUT2D eigenvalue weighted by atomic mass is 9.83. The Morgan fingerprint density at radius 1 is 0.986 bits per heavy atom. The zero-order valence-electron chi connectivity index (χ0n) is 40.4. The quantitative estimate of drug-likeness (QED) is 0.118. The van der Waals surface area contributed by atoms with Crippen molar-refractivity contribution in [3.05, 3.63) is 135 Å². The summed E-state index contributed by atoms with van der Waals surface area (Å²) < 4.78 is 32.1. The molecule has 3 unspecified atom stereocenters. The highest BCUT2D eigenvalue weighted by molar-refractivity contribution is 6.00. The predicted octanol–water partition coefficient (Wildman–Crippen LogP) is 7.12. The van der Waals surface area contributed by atoms with Gasteiger partial charge in [0.25, 0.3) is 5.91 Å². The summed E-state index contributed by atoms with van der Waals surface area (Å²) in [6.07, 6.45) is 8.40. The first kappa shape index (κ1) is 45.1. The second kappa shape index (κ2) is 16.0. The average Bonchev–Trinajstić information content (AvgIpc) is 3.72. The van der Waals surface area contributed by atoms with Crippen LogP contribution in [0.2, 0.25) is 0 Å². The first-order valence-corrected chi connectivity index (χ1v) is 24.3. The second-order valence-corrected chi connectivity index (χ2v) is 20.9. The summed E-state index contributed by atoms with van der Waals surface area (Å²) in [5.41, 5.74) is 4.68. The van der Waals surface area contributed by atoms with E-state index < -0.39 is 28.7 Å². The lowest BCUT2D eigenvalue weighted by molar-refractivity contribution is -0.0592. The monoisotopic (exact) mass is 962 g/mol. The van der Waals surface area contributed by atoms with Crippen molar-refractivity contribution in [2.45, 2.75) is 95.7 Å². The van der Waals surface area contributed by atoms with Gasteiger partial charge >= 0.3 is 5.76 Å². The molecule has 12 rings (SSSR count). The van der Waals surface area contributed by atoms with Crippen LogP contribution in [-0.4, -0.2) is 93.2 Å². The maximum Gasteiger partial charge on any atom is 0.438 e. The van der Waals surface area contributed by atoms with Gasteiger partial charge in [-0.25, -0.2) is 18.7 Å². The SMILES string of the molecule is Cc1cc(-n2nc3c(c2N2C=CN(c4ccc5c(cnn5C)c4)C2=C=O)[C@H](C)N(C(=O)c2cc4cc([C@H]5CCOC(C)(C)C5)ccc4n2[C@]2(c4noc(=O)[nH]4)CC24CC4CO)CC3CCO)cc(C)c1F. The molecule has 1 saturated heterocycles. The Morgan fingerprint density at radius 3 is 2.46 bits per heavy atom. The first-order valence-electron chi connectivity index (χ1n) is 24.3. The highest BCUT2D eigenvalue weighted by Gasteiger charge is 2.83. The summed E-state index contributed by atoms with van der Waals surface area (Å²) in [4.78, 5) is 50.4. The molecular weight excluding hydrogens is 908 g/mol. The van der Waals surface area contributed by atoms with E-state index in [9.17, 15) is 19.8 Å². The summed E-state index contributed by atoms with van der Waals surface area (Å²) in [5, 5.41) is 36.9. The Bertz CT molecular complexity index is 3480. The van der Waals surface area contributed by atoms with Gasteiger partial charge in [0.2, 0.25) is 5.82 Å². The average molecular weight is 963 g/mol. The molecule has 2 saturated carbocycles. The van der Waals surface area contributed by atoms with Crippen LogP contribution < -0.4 is 15.6 Å². The van der Waals surface area contributed by atoms with Crippen LogP contribution in [0.1, 0.15) is 115 Å². The molecule has 0 bridgehead atoms. The smallest absolute Gasteiger partial charge is 0.396 e. The number of carbonyl (C=O) groups excluding carboxylic acids is 2. The van der Waals surface area contributed by atoms with Gasteiger partial charge in [-0.2, -0.15) is 10.2 Å². The third-order valence-electron chi connectivity index (χ3n) is 16.3. The van der Waals surface area contributed by atoms with Gasteiger partial charge in [0.15, 0.2) is 11.8 Å². The fourth-order valence-corrected chi connectivity index (χ4v) is 12.7. The molecule has 4 aromatic heterocycles. The number of nitrogens with one attached hydrogen (secondary N) is 1. The van der Waals surface area contributed by atoms with Gasteiger partial charge in [0, 0.05) is 84.7 Å². The number of hydrogen-bond donors (Lipinski definition) is 3. The number of aliphatic hydroxyl groups excluding tert-OH is 2. The summed E-state index contributed by atoms with van der Waals surface area (Å²) in [6.45, 7) is 10.1. The maximum atomic E-state index is 16.1. The molecule has 7 heterocycles. The van der Waals surface area contributed by atoms with E-state index in [1.54, 1.807) is 68.6 Å². The molecule has 3 fully saturated rings. The van der Waals surface area contributed by atoms with Crippen molar-refractivity contribution in [3.8, 4) is 5.69 Å². The number of aromatic nitrogens is 7. The van der Waals surface area contributed by atoms with Crippen LogP contribution in [0.3, 0.4) is 0 Å². The van der Waals surface area contributed by atoms with E-state index in [1.165, 1.54) is 0 Å². The van der Waals surface area contributed by atoms with Crippen molar-refractivity contribution < 1.29 is 33.5 Å². The van der Waals surface area contributed by atoms with Gasteiger partial charge in [0.1, 0.15) is 22.9 Å². The van der Waals surface area contributed by atoms with Gasteiger partial charge in [-0.15, -0.1) is 0 Å². The van der Waals surface area contributed by atoms with Gasteiger partial charge in [0.05, 0.1) is 34.7 Å². The van der Waals surface area contributed by atoms with Crippen molar-refractivity contribution in [1.82, 2.24) is 39.2 Å². The first-order chi connectivity index (χ1) is 34.1. The largest absolute Gasteiger partial charge is 0.438 e. The molecule has 3 N–H and O–H groups in total. The number of fused-ring (bicyclic) bond motifs is 3. The summed E-state index contributed by atoms with van der Waals surface area (Å²) >= 11 is 0. The Kier molecular flexibility index (Phi) is 10.1. The Morgan fingerprint density at radius 2 is 1.76 bits per heavy atom. The van der Waals surface area contributed by atoms with Crippen molar-refractivity contribution in [2.24, 2.45) is 18.4 Å². The van der Waals surface area contributed by atoms with Crippen LogP contribution in [0.5, 0.6) is 0 Å². The fraction of sp³-hybridized carbons (Fsp3) is 0.415. The molecule has 6 atom stereocenters. The maximum absolute atomic E-state index is 16.1. The van der Waals surface area contributed by atoms with Gasteiger partial charge in [-0.1, -0.05) is 11.2 Å². The summed E-state index contributed by atoms with van der Waals surface area (Å²) in [6, 6.07) is 16.8. The molecule has 71 heavy (non-hydrogen) atoms. The van der Waals surface area contributed by atoms with E-state index in [0.717, 1.165) is 40.2 Å². The molecular formula is C53H55FN10O7. The second-order valence-electron chi connectivity index (χ2n) is 20.9. The molecule has 2 aliphatic carbocycles. The van der Waals surface area contributed by atoms with Crippen LogP contribution in [0.25, 0.3) is 27.5 Å². The normalized spacial score (nSPS) is 25.5. The van der Waals surface area contributed by atoms with Crippen molar-refractivity contribution in [1.29, 1.82) is 0 Å². The predicted molar refractivity (Wildman–Crippen MR) is 261 cm³/mol. The Labute approximate surface area is 407 Å². The molecule has 0 radical (unpaired) electrons. The minimum atomic E-state index is -1.02. The van der Waals surface area contributed by atoms with E-state index in [1.807, 2.05) is 42.8 Å². The molecule has 18 heteroatoms. The molecule has 3 aliphatic heterocycles. The molecule has 3 aromatic carbocycles. The number of anilines is 2. The van der Waals surface area contributed by atoms with Crippen LogP contribution in [0, 0.1) is 31.0 Å². The fourth-order valence-electron chi connectivity index (χ4n) is 12.7. The number of aromatic amines is 1. The number of H-pyrrole nitrogens is 1. The van der Waals surface area contributed by atoms with E-state index in [0.29, 0.717) is 70.5 Å². The highest BCUT2D eigenvalue weighted by atomic mass is 19.1. The number of halogens is 1. The molecule has 366 valence electrons.